The summed E-state index contributed by atoms with van der Waals surface area (Å²) >= 11 is 0. The molecule has 1 aliphatic carbocycles. The summed E-state index contributed by atoms with van der Waals surface area (Å²) in [5, 5.41) is 9.13. The average Bonchev–Trinajstić information content (AvgIpc) is 2.93. The molecule has 0 aliphatic heterocycles. The fourth-order valence-electron chi connectivity index (χ4n) is 3.31. The number of ether oxygens (including phenoxy) is 2. The van der Waals surface area contributed by atoms with Crippen LogP contribution in [0.4, 0.5) is 0 Å². The van der Waals surface area contributed by atoms with E-state index in [1.54, 1.807) is 25.3 Å². The minimum Gasteiger partial charge on any atom is -0.493 e. The molecule has 22 heavy (non-hydrogen) atoms. The molecule has 1 aromatic rings. The summed E-state index contributed by atoms with van der Waals surface area (Å²) in [6.07, 6.45) is 3.93. The molecule has 0 spiro atoms. The fraction of sp³-hybridized carbons (Fsp3) is 0.529. The third kappa shape index (κ3) is 3.59. The van der Waals surface area contributed by atoms with Crippen molar-refractivity contribution in [1.29, 1.82) is 0 Å². The van der Waals surface area contributed by atoms with Crippen LogP contribution < -0.4 is 9.47 Å². The predicted molar refractivity (Wildman–Crippen MR) is 81.6 cm³/mol. The van der Waals surface area contributed by atoms with Crippen LogP contribution in [-0.4, -0.2) is 31.1 Å². The van der Waals surface area contributed by atoms with Crippen molar-refractivity contribution in [3.8, 4) is 11.5 Å². The zero-order valence-corrected chi connectivity index (χ0v) is 13.1. The first kappa shape index (κ1) is 16.3. The second-order valence-corrected chi connectivity index (χ2v) is 5.95. The molecule has 2 rings (SSSR count). The summed E-state index contributed by atoms with van der Waals surface area (Å²) in [7, 11) is 3.06. The van der Waals surface area contributed by atoms with Gasteiger partial charge in [-0.1, -0.05) is 12.8 Å². The minimum absolute atomic E-state index is 0.0379. The largest absolute Gasteiger partial charge is 0.493 e. The third-order valence-electron chi connectivity index (χ3n) is 4.43. The van der Waals surface area contributed by atoms with Crippen molar-refractivity contribution < 1.29 is 24.2 Å². The number of hydrogen-bond donors (Lipinski definition) is 1. The Balaban J connectivity index is 2.18. The van der Waals surface area contributed by atoms with E-state index in [1.807, 2.05) is 0 Å². The van der Waals surface area contributed by atoms with Crippen molar-refractivity contribution in [3.05, 3.63) is 23.8 Å². The minimum atomic E-state index is -0.831. The van der Waals surface area contributed by atoms with E-state index in [2.05, 4.69) is 0 Å². The van der Waals surface area contributed by atoms with Gasteiger partial charge >= 0.3 is 5.97 Å². The van der Waals surface area contributed by atoms with E-state index in [4.69, 9.17) is 14.6 Å². The lowest BCUT2D eigenvalue weighted by atomic mass is 9.77. The van der Waals surface area contributed by atoms with Gasteiger partial charge in [-0.3, -0.25) is 9.59 Å². The van der Waals surface area contributed by atoms with Gasteiger partial charge in [-0.25, -0.2) is 0 Å². The Morgan fingerprint density at radius 2 is 1.73 bits per heavy atom. The lowest BCUT2D eigenvalue weighted by Gasteiger charge is -2.26. The molecule has 0 heterocycles. The number of ketones is 1. The Hall–Kier alpha value is -2.04. The normalized spacial score (nSPS) is 16.3. The molecular formula is C17H22O5. The van der Waals surface area contributed by atoms with Crippen LogP contribution in [0.2, 0.25) is 0 Å². The zero-order valence-electron chi connectivity index (χ0n) is 13.1. The summed E-state index contributed by atoms with van der Waals surface area (Å²) in [6, 6.07) is 5.06. The van der Waals surface area contributed by atoms with Crippen LogP contribution in [0.5, 0.6) is 11.5 Å². The van der Waals surface area contributed by atoms with Crippen molar-refractivity contribution in [1.82, 2.24) is 0 Å². The van der Waals surface area contributed by atoms with E-state index >= 15 is 0 Å². The number of rotatable bonds is 7. The van der Waals surface area contributed by atoms with Gasteiger partial charge in [-0.05, 0) is 36.5 Å². The number of methoxy groups -OCH3 is 2. The van der Waals surface area contributed by atoms with Gasteiger partial charge in [0.05, 0.1) is 20.6 Å². The summed E-state index contributed by atoms with van der Waals surface area (Å²) in [5.74, 6) is 0.207. The predicted octanol–water partition coefficient (Wildman–Crippen LogP) is 3.31. The molecule has 5 heteroatoms. The molecule has 0 saturated heterocycles. The number of hydrogen-bond acceptors (Lipinski definition) is 4. The van der Waals surface area contributed by atoms with Gasteiger partial charge in [-0.2, -0.15) is 0 Å². The summed E-state index contributed by atoms with van der Waals surface area (Å²) in [6.45, 7) is 0. The monoisotopic (exact) mass is 306 g/mol. The van der Waals surface area contributed by atoms with Gasteiger partial charge in [0.25, 0.3) is 0 Å². The Labute approximate surface area is 130 Å². The van der Waals surface area contributed by atoms with E-state index in [0.717, 1.165) is 25.7 Å². The summed E-state index contributed by atoms with van der Waals surface area (Å²) in [5.41, 5.74) is 0.144. The lowest BCUT2D eigenvalue weighted by molar-refractivity contribution is -0.139. The van der Waals surface area contributed by atoms with E-state index in [9.17, 15) is 9.59 Å². The molecule has 1 N–H and O–H groups in total. The molecule has 0 amide bonds. The molecule has 120 valence electrons. The zero-order chi connectivity index (χ0) is 16.2. The number of Topliss-reactive ketones (excluding diaryl/α,β-unsaturated/α-hetero) is 1. The molecule has 1 aromatic carbocycles. The van der Waals surface area contributed by atoms with Crippen LogP contribution in [0, 0.1) is 5.41 Å². The maximum absolute atomic E-state index is 12.6. The number of carboxylic acid groups (broad SMARTS) is 1. The van der Waals surface area contributed by atoms with Crippen LogP contribution in [-0.2, 0) is 4.79 Å². The Bertz CT molecular complexity index is 558. The van der Waals surface area contributed by atoms with E-state index in [1.165, 1.54) is 7.11 Å². The highest BCUT2D eigenvalue weighted by atomic mass is 16.5. The number of carbonyl (C=O) groups excluding carboxylic acids is 1. The van der Waals surface area contributed by atoms with E-state index in [-0.39, 0.29) is 18.6 Å². The Morgan fingerprint density at radius 3 is 2.27 bits per heavy atom. The molecule has 1 saturated carbocycles. The number of aliphatic carboxylic acids is 1. The van der Waals surface area contributed by atoms with Gasteiger partial charge in [0.2, 0.25) is 0 Å². The lowest BCUT2D eigenvalue weighted by Crippen LogP contribution is -2.24. The van der Waals surface area contributed by atoms with E-state index in [0.29, 0.717) is 17.1 Å². The smallest absolute Gasteiger partial charge is 0.303 e. The second kappa shape index (κ2) is 6.81. The Morgan fingerprint density at radius 1 is 1.09 bits per heavy atom. The number of carbonyl (C=O) groups is 2. The highest BCUT2D eigenvalue weighted by Gasteiger charge is 2.38. The van der Waals surface area contributed by atoms with Crippen LogP contribution >= 0.6 is 0 Å². The van der Waals surface area contributed by atoms with Crippen molar-refractivity contribution >= 4 is 11.8 Å². The molecule has 0 aromatic heterocycles. The maximum Gasteiger partial charge on any atom is 0.303 e. The molecule has 1 fully saturated rings. The van der Waals surface area contributed by atoms with Crippen molar-refractivity contribution in [3.63, 3.8) is 0 Å². The van der Waals surface area contributed by atoms with Crippen LogP contribution in [0.15, 0.2) is 18.2 Å². The fourth-order valence-corrected chi connectivity index (χ4v) is 3.31. The molecule has 0 unspecified atom stereocenters. The van der Waals surface area contributed by atoms with Gasteiger partial charge < -0.3 is 14.6 Å². The van der Waals surface area contributed by atoms with Crippen molar-refractivity contribution in [2.45, 2.75) is 38.5 Å². The average molecular weight is 306 g/mol. The van der Waals surface area contributed by atoms with Gasteiger partial charge in [0.1, 0.15) is 0 Å². The van der Waals surface area contributed by atoms with Crippen LogP contribution in [0.3, 0.4) is 0 Å². The molecule has 0 bridgehead atoms. The van der Waals surface area contributed by atoms with Crippen LogP contribution in [0.1, 0.15) is 48.9 Å². The summed E-state index contributed by atoms with van der Waals surface area (Å²) < 4.78 is 10.4. The van der Waals surface area contributed by atoms with Gasteiger partial charge in [0, 0.05) is 12.0 Å². The van der Waals surface area contributed by atoms with Crippen molar-refractivity contribution in [2.24, 2.45) is 5.41 Å². The molecule has 0 radical (unpaired) electrons. The van der Waals surface area contributed by atoms with Gasteiger partial charge in [0.15, 0.2) is 17.3 Å². The quantitative estimate of drug-likeness (QED) is 0.782. The highest BCUT2D eigenvalue weighted by molar-refractivity contribution is 5.97. The molecule has 5 nitrogen and oxygen atoms in total. The first-order valence-electron chi connectivity index (χ1n) is 7.47. The van der Waals surface area contributed by atoms with Crippen molar-refractivity contribution in [2.75, 3.05) is 14.2 Å². The maximum atomic E-state index is 12.6. The van der Waals surface area contributed by atoms with Gasteiger partial charge in [-0.15, -0.1) is 0 Å². The third-order valence-corrected chi connectivity index (χ3v) is 4.43. The van der Waals surface area contributed by atoms with E-state index < -0.39 is 11.4 Å². The second-order valence-electron chi connectivity index (χ2n) is 5.95. The number of carboxylic acids is 1. The highest BCUT2D eigenvalue weighted by Crippen LogP contribution is 2.45. The standard InChI is InChI=1S/C17H22O5/c1-21-14-6-5-12(9-15(14)22-2)13(18)10-17(11-16(19)20)7-3-4-8-17/h5-6,9H,3-4,7-8,10-11H2,1-2H3,(H,19,20). The summed E-state index contributed by atoms with van der Waals surface area (Å²) in [4.78, 5) is 23.7. The SMILES string of the molecule is COc1ccc(C(=O)CC2(CC(=O)O)CCCC2)cc1OC. The molecular weight excluding hydrogens is 284 g/mol. The first-order chi connectivity index (χ1) is 10.5. The molecule has 0 atom stereocenters. The Kier molecular flexibility index (Phi) is 5.06. The molecule has 1 aliphatic rings. The first-order valence-corrected chi connectivity index (χ1v) is 7.47. The topological polar surface area (TPSA) is 72.8 Å². The number of benzene rings is 1. The van der Waals surface area contributed by atoms with Crippen LogP contribution in [0.25, 0.3) is 0 Å².